The van der Waals surface area contributed by atoms with E-state index in [1.54, 1.807) is 13.0 Å². The van der Waals surface area contributed by atoms with Gasteiger partial charge in [-0.1, -0.05) is 17.7 Å². The second kappa shape index (κ2) is 6.77. The number of allylic oxidation sites excluding steroid dienone is 2. The average molecular weight is 410 g/mol. The van der Waals surface area contributed by atoms with Crippen LogP contribution in [0.5, 0.6) is 0 Å². The molecule has 0 aliphatic heterocycles. The van der Waals surface area contributed by atoms with Gasteiger partial charge in [-0.15, -0.1) is 0 Å². The standard InChI is InChI=1S/C19H15ClF3N3O2/c1-10-7-11(20)8-13-16(10)24-17(28-18(13)27)14-9-15(19(21,22)23)25-26(14)12-5-3-2-4-6-12/h5,7-9H,2-4,6H2,1H3. The molecule has 5 nitrogen and oxygen atoms in total. The third-order valence-corrected chi connectivity index (χ3v) is 4.86. The summed E-state index contributed by atoms with van der Waals surface area (Å²) in [6, 6.07) is 3.91. The van der Waals surface area contributed by atoms with E-state index in [2.05, 4.69) is 10.1 Å². The largest absolute Gasteiger partial charge is 0.435 e. The van der Waals surface area contributed by atoms with E-state index in [0.717, 1.165) is 25.3 Å². The molecule has 1 aliphatic carbocycles. The summed E-state index contributed by atoms with van der Waals surface area (Å²) in [6.45, 7) is 1.71. The maximum Gasteiger partial charge on any atom is 0.435 e. The molecule has 2 heterocycles. The fourth-order valence-electron chi connectivity index (χ4n) is 3.32. The number of aryl methyl sites for hydroxylation is 1. The summed E-state index contributed by atoms with van der Waals surface area (Å²) in [5.41, 5.74) is -0.205. The molecule has 4 rings (SSSR count). The minimum absolute atomic E-state index is 0.00572. The van der Waals surface area contributed by atoms with Gasteiger partial charge in [0.05, 0.1) is 10.9 Å². The number of hydrogen-bond acceptors (Lipinski definition) is 4. The highest BCUT2D eigenvalue weighted by Crippen LogP contribution is 2.34. The predicted octanol–water partition coefficient (Wildman–Crippen LogP) is 5.45. The van der Waals surface area contributed by atoms with Crippen LogP contribution in [0.4, 0.5) is 13.2 Å². The van der Waals surface area contributed by atoms with Crippen molar-refractivity contribution in [1.82, 2.24) is 14.8 Å². The smallest absolute Gasteiger partial charge is 0.401 e. The number of aromatic nitrogens is 3. The Bertz CT molecular complexity index is 1160. The molecular weight excluding hydrogens is 395 g/mol. The maximum atomic E-state index is 13.3. The molecule has 0 spiro atoms. The van der Waals surface area contributed by atoms with Crippen molar-refractivity contribution in [3.05, 3.63) is 51.0 Å². The SMILES string of the molecule is Cc1cc(Cl)cc2c(=O)oc(-c3cc(C(F)(F)F)nn3C3=CCCCC3)nc12. The molecule has 3 aromatic rings. The first-order valence-corrected chi connectivity index (χ1v) is 9.10. The number of rotatable bonds is 2. The van der Waals surface area contributed by atoms with Gasteiger partial charge in [-0.2, -0.15) is 18.3 Å². The van der Waals surface area contributed by atoms with Gasteiger partial charge in [0.1, 0.15) is 5.69 Å². The van der Waals surface area contributed by atoms with E-state index in [1.807, 2.05) is 6.08 Å². The van der Waals surface area contributed by atoms with E-state index in [9.17, 15) is 18.0 Å². The summed E-state index contributed by atoms with van der Waals surface area (Å²) in [7, 11) is 0. The highest BCUT2D eigenvalue weighted by molar-refractivity contribution is 6.31. The minimum Gasteiger partial charge on any atom is -0.401 e. The lowest BCUT2D eigenvalue weighted by molar-refractivity contribution is -0.141. The molecule has 0 saturated heterocycles. The molecule has 0 saturated carbocycles. The fraction of sp³-hybridized carbons (Fsp3) is 0.316. The van der Waals surface area contributed by atoms with Gasteiger partial charge in [0.25, 0.3) is 0 Å². The summed E-state index contributed by atoms with van der Waals surface area (Å²) in [4.78, 5) is 16.8. The second-order valence-corrected chi connectivity index (χ2v) is 7.13. The Labute approximate surface area is 162 Å². The van der Waals surface area contributed by atoms with Crippen molar-refractivity contribution >= 4 is 28.2 Å². The summed E-state index contributed by atoms with van der Waals surface area (Å²) < 4.78 is 46.3. The first-order chi connectivity index (χ1) is 13.2. The summed E-state index contributed by atoms with van der Waals surface area (Å²) in [5.74, 6) is -0.211. The van der Waals surface area contributed by atoms with Crippen LogP contribution < -0.4 is 5.63 Å². The first kappa shape index (κ1) is 18.7. The molecule has 0 bridgehead atoms. The number of alkyl halides is 3. The Morgan fingerprint density at radius 3 is 2.68 bits per heavy atom. The number of fused-ring (bicyclic) bond motifs is 1. The Morgan fingerprint density at radius 1 is 1.21 bits per heavy atom. The topological polar surface area (TPSA) is 60.9 Å². The molecular formula is C19H15ClF3N3O2. The van der Waals surface area contributed by atoms with Gasteiger partial charge in [0, 0.05) is 16.8 Å². The zero-order valence-corrected chi connectivity index (χ0v) is 15.6. The molecule has 0 atom stereocenters. The van der Waals surface area contributed by atoms with Crippen LogP contribution in [0.1, 0.15) is 36.9 Å². The lowest BCUT2D eigenvalue weighted by Crippen LogP contribution is -2.10. The van der Waals surface area contributed by atoms with Crippen molar-refractivity contribution in [3.8, 4) is 11.6 Å². The summed E-state index contributed by atoms with van der Waals surface area (Å²) in [6.07, 6.45) is 0.371. The lowest BCUT2D eigenvalue weighted by Gasteiger charge is -2.15. The minimum atomic E-state index is -4.63. The van der Waals surface area contributed by atoms with Gasteiger partial charge in [0.15, 0.2) is 5.69 Å². The molecule has 0 unspecified atom stereocenters. The third-order valence-electron chi connectivity index (χ3n) is 4.65. The Morgan fingerprint density at radius 2 is 2.00 bits per heavy atom. The van der Waals surface area contributed by atoms with E-state index in [-0.39, 0.29) is 17.0 Å². The van der Waals surface area contributed by atoms with E-state index >= 15 is 0 Å². The van der Waals surface area contributed by atoms with E-state index in [0.29, 0.717) is 28.2 Å². The van der Waals surface area contributed by atoms with Gasteiger partial charge >= 0.3 is 11.8 Å². The number of benzene rings is 1. The molecule has 0 radical (unpaired) electrons. The molecule has 28 heavy (non-hydrogen) atoms. The van der Waals surface area contributed by atoms with Crippen LogP contribution in [0.3, 0.4) is 0 Å². The first-order valence-electron chi connectivity index (χ1n) is 8.72. The van der Waals surface area contributed by atoms with Crippen molar-refractivity contribution < 1.29 is 17.6 Å². The Balaban J connectivity index is 1.97. The van der Waals surface area contributed by atoms with Crippen LogP contribution in [0.15, 0.2) is 33.5 Å². The number of nitrogens with zero attached hydrogens (tertiary/aromatic N) is 3. The Kier molecular flexibility index (Phi) is 4.53. The van der Waals surface area contributed by atoms with Gasteiger partial charge in [-0.3, -0.25) is 0 Å². The highest BCUT2D eigenvalue weighted by atomic mass is 35.5. The quantitative estimate of drug-likeness (QED) is 0.565. The zero-order chi connectivity index (χ0) is 20.1. The van der Waals surface area contributed by atoms with Crippen LogP contribution in [0.2, 0.25) is 5.02 Å². The van der Waals surface area contributed by atoms with Crippen LogP contribution in [-0.2, 0) is 6.18 Å². The lowest BCUT2D eigenvalue weighted by atomic mass is 10.0. The van der Waals surface area contributed by atoms with Gasteiger partial charge in [0.2, 0.25) is 5.89 Å². The van der Waals surface area contributed by atoms with Crippen molar-refractivity contribution in [3.63, 3.8) is 0 Å². The number of hydrogen-bond donors (Lipinski definition) is 0. The second-order valence-electron chi connectivity index (χ2n) is 6.69. The third kappa shape index (κ3) is 3.32. The molecule has 146 valence electrons. The van der Waals surface area contributed by atoms with Crippen LogP contribution in [0, 0.1) is 6.92 Å². The molecule has 0 fully saturated rings. The molecule has 2 aromatic heterocycles. The van der Waals surface area contributed by atoms with Crippen molar-refractivity contribution in [2.24, 2.45) is 0 Å². The van der Waals surface area contributed by atoms with E-state index in [4.69, 9.17) is 16.0 Å². The van der Waals surface area contributed by atoms with Crippen LogP contribution >= 0.6 is 11.6 Å². The average Bonchev–Trinajstić information content (AvgIpc) is 3.09. The number of halogens is 4. The van der Waals surface area contributed by atoms with Crippen LogP contribution in [-0.4, -0.2) is 14.8 Å². The normalized spacial score (nSPS) is 15.1. The maximum absolute atomic E-state index is 13.3. The molecule has 1 aliphatic rings. The van der Waals surface area contributed by atoms with E-state index in [1.165, 1.54) is 10.7 Å². The predicted molar refractivity (Wildman–Crippen MR) is 99.0 cm³/mol. The van der Waals surface area contributed by atoms with Gasteiger partial charge < -0.3 is 4.42 Å². The summed E-state index contributed by atoms with van der Waals surface area (Å²) in [5, 5.41) is 4.25. The fourth-order valence-corrected chi connectivity index (χ4v) is 3.59. The van der Waals surface area contributed by atoms with Crippen molar-refractivity contribution in [1.29, 1.82) is 0 Å². The van der Waals surface area contributed by atoms with Crippen molar-refractivity contribution in [2.75, 3.05) is 0 Å². The van der Waals surface area contributed by atoms with Crippen molar-refractivity contribution in [2.45, 2.75) is 38.8 Å². The van der Waals surface area contributed by atoms with Gasteiger partial charge in [-0.25, -0.2) is 14.5 Å². The van der Waals surface area contributed by atoms with E-state index < -0.39 is 17.5 Å². The molecule has 1 aromatic carbocycles. The molecule has 0 N–H and O–H groups in total. The summed E-state index contributed by atoms with van der Waals surface area (Å²) >= 11 is 5.98. The zero-order valence-electron chi connectivity index (χ0n) is 14.8. The molecule has 0 amide bonds. The van der Waals surface area contributed by atoms with Crippen LogP contribution in [0.25, 0.3) is 28.2 Å². The Hall–Kier alpha value is -2.61. The molecule has 9 heteroatoms. The monoisotopic (exact) mass is 409 g/mol. The highest BCUT2D eigenvalue weighted by Gasteiger charge is 2.36. The van der Waals surface area contributed by atoms with Gasteiger partial charge in [-0.05, 0) is 50.3 Å².